The molecule has 0 spiro atoms. The summed E-state index contributed by atoms with van der Waals surface area (Å²) in [6.45, 7) is 6.69. The molecule has 3 rings (SSSR count). The Bertz CT molecular complexity index is 708. The molecule has 2 aromatic rings. The summed E-state index contributed by atoms with van der Waals surface area (Å²) in [4.78, 5) is 0. The predicted octanol–water partition coefficient (Wildman–Crippen LogP) is 6.16. The molecule has 1 aliphatic rings. The second-order valence-electron chi connectivity index (χ2n) is 6.40. The molecule has 2 aromatic carbocycles. The Morgan fingerprint density at radius 2 is 1.81 bits per heavy atom. The lowest BCUT2D eigenvalue weighted by atomic mass is 9.86. The number of benzene rings is 2. The van der Waals surface area contributed by atoms with Gasteiger partial charge in [-0.15, -0.1) is 0 Å². The van der Waals surface area contributed by atoms with Gasteiger partial charge in [-0.3, -0.25) is 0 Å². The summed E-state index contributed by atoms with van der Waals surface area (Å²) in [5.41, 5.74) is 5.00. The van der Waals surface area contributed by atoms with E-state index in [2.05, 4.69) is 73.1 Å². The second-order valence-corrected chi connectivity index (χ2v) is 6.96. The fraction of sp³-hybridized carbons (Fsp3) is 0.263. The zero-order valence-electron chi connectivity index (χ0n) is 12.6. The van der Waals surface area contributed by atoms with Crippen LogP contribution in [0, 0.1) is 0 Å². The third kappa shape index (κ3) is 2.77. The van der Waals surface area contributed by atoms with Crippen LogP contribution in [0.3, 0.4) is 0 Å². The Balaban J connectivity index is 2.10. The molecule has 0 amide bonds. The molecule has 0 atom stereocenters. The van der Waals surface area contributed by atoms with Gasteiger partial charge in [0, 0.05) is 16.5 Å². The summed E-state index contributed by atoms with van der Waals surface area (Å²) in [5, 5.41) is 0.827. The van der Waals surface area contributed by atoms with Crippen molar-refractivity contribution in [3.8, 4) is 11.5 Å². The minimum absolute atomic E-state index is 0.142. The first-order valence-electron chi connectivity index (χ1n) is 7.17. The van der Waals surface area contributed by atoms with Crippen LogP contribution in [0.2, 0.25) is 0 Å². The van der Waals surface area contributed by atoms with Crippen LogP contribution in [0.4, 0.5) is 0 Å². The molecule has 0 unspecified atom stereocenters. The van der Waals surface area contributed by atoms with Crippen LogP contribution in [-0.4, -0.2) is 0 Å². The van der Waals surface area contributed by atoms with Crippen molar-refractivity contribution in [3.05, 3.63) is 58.7 Å². The summed E-state index contributed by atoms with van der Waals surface area (Å²) in [6.07, 6.45) is 4.31. The average Bonchev–Trinajstić information content (AvgIpc) is 2.64. The van der Waals surface area contributed by atoms with Crippen molar-refractivity contribution in [2.24, 2.45) is 0 Å². The Kier molecular flexibility index (Phi) is 3.66. The van der Waals surface area contributed by atoms with Crippen LogP contribution >= 0.6 is 15.9 Å². The van der Waals surface area contributed by atoms with E-state index in [1.165, 1.54) is 11.1 Å². The first-order valence-corrected chi connectivity index (χ1v) is 8.29. The molecule has 0 aliphatic carbocycles. The molecular formula is C19H19BrO. The number of rotatable bonds is 1. The largest absolute Gasteiger partial charge is 0.456 e. The standard InChI is InChI=1S/C19H19BrO/c1-19(2,3)15-8-10-17-13(11-15)7-9-16-14(12-20)5-4-6-18(16)21-17/h4-11H,12H2,1-3H3. The zero-order valence-corrected chi connectivity index (χ0v) is 14.2. The third-order valence-corrected chi connectivity index (χ3v) is 4.43. The summed E-state index contributed by atoms with van der Waals surface area (Å²) in [7, 11) is 0. The fourth-order valence-electron chi connectivity index (χ4n) is 2.51. The minimum Gasteiger partial charge on any atom is -0.456 e. The van der Waals surface area contributed by atoms with Gasteiger partial charge >= 0.3 is 0 Å². The molecule has 0 fully saturated rings. The van der Waals surface area contributed by atoms with Crippen molar-refractivity contribution in [1.82, 2.24) is 0 Å². The van der Waals surface area contributed by atoms with Crippen LogP contribution in [0.1, 0.15) is 43.0 Å². The maximum Gasteiger partial charge on any atom is 0.134 e. The molecule has 0 saturated carbocycles. The van der Waals surface area contributed by atoms with Crippen LogP contribution in [0.5, 0.6) is 11.5 Å². The first-order chi connectivity index (χ1) is 9.99. The zero-order chi connectivity index (χ0) is 15.0. The maximum absolute atomic E-state index is 6.13. The Morgan fingerprint density at radius 3 is 2.52 bits per heavy atom. The number of fused-ring (bicyclic) bond motifs is 2. The van der Waals surface area contributed by atoms with Gasteiger partial charge in [0.25, 0.3) is 0 Å². The highest BCUT2D eigenvalue weighted by molar-refractivity contribution is 9.08. The molecule has 1 aliphatic heterocycles. The molecule has 108 valence electrons. The van der Waals surface area contributed by atoms with E-state index in [1.807, 2.05) is 12.1 Å². The highest BCUT2D eigenvalue weighted by Crippen LogP contribution is 2.37. The highest BCUT2D eigenvalue weighted by atomic mass is 79.9. The minimum atomic E-state index is 0.142. The van der Waals surface area contributed by atoms with Gasteiger partial charge in [-0.1, -0.05) is 67.1 Å². The molecule has 0 bridgehead atoms. The van der Waals surface area contributed by atoms with Crippen molar-refractivity contribution in [2.45, 2.75) is 31.5 Å². The second kappa shape index (κ2) is 5.34. The SMILES string of the molecule is CC(C)(C)c1ccc2c(c1)C=Cc1c(CBr)cccc1O2. The van der Waals surface area contributed by atoms with E-state index in [4.69, 9.17) is 4.74 Å². The smallest absolute Gasteiger partial charge is 0.134 e. The number of ether oxygens (including phenoxy) is 1. The Hall–Kier alpha value is -1.54. The molecule has 21 heavy (non-hydrogen) atoms. The lowest BCUT2D eigenvalue weighted by Gasteiger charge is -2.20. The van der Waals surface area contributed by atoms with E-state index in [9.17, 15) is 0 Å². The molecular weight excluding hydrogens is 324 g/mol. The average molecular weight is 343 g/mol. The van der Waals surface area contributed by atoms with E-state index < -0.39 is 0 Å². The lowest BCUT2D eigenvalue weighted by molar-refractivity contribution is 0.480. The van der Waals surface area contributed by atoms with Gasteiger partial charge in [0.15, 0.2) is 0 Å². The van der Waals surface area contributed by atoms with Gasteiger partial charge in [0.2, 0.25) is 0 Å². The van der Waals surface area contributed by atoms with Crippen molar-refractivity contribution in [2.75, 3.05) is 0 Å². The number of hydrogen-bond donors (Lipinski definition) is 0. The van der Waals surface area contributed by atoms with E-state index in [0.29, 0.717) is 0 Å². The van der Waals surface area contributed by atoms with Crippen LogP contribution in [0.15, 0.2) is 36.4 Å². The van der Waals surface area contributed by atoms with Crippen molar-refractivity contribution in [3.63, 3.8) is 0 Å². The summed E-state index contributed by atoms with van der Waals surface area (Å²) < 4.78 is 6.13. The number of halogens is 1. The monoisotopic (exact) mass is 342 g/mol. The van der Waals surface area contributed by atoms with Crippen molar-refractivity contribution < 1.29 is 4.74 Å². The van der Waals surface area contributed by atoms with E-state index in [0.717, 1.165) is 28.0 Å². The van der Waals surface area contributed by atoms with Gasteiger partial charge in [-0.2, -0.15) is 0 Å². The van der Waals surface area contributed by atoms with Crippen molar-refractivity contribution >= 4 is 28.1 Å². The predicted molar refractivity (Wildman–Crippen MR) is 93.2 cm³/mol. The fourth-order valence-corrected chi connectivity index (χ4v) is 3.00. The number of hydrogen-bond acceptors (Lipinski definition) is 1. The normalized spacial score (nSPS) is 13.1. The summed E-state index contributed by atoms with van der Waals surface area (Å²) >= 11 is 3.55. The van der Waals surface area contributed by atoms with Gasteiger partial charge in [0.1, 0.15) is 11.5 Å². The molecule has 1 heterocycles. The van der Waals surface area contributed by atoms with Gasteiger partial charge in [-0.25, -0.2) is 0 Å². The molecule has 1 nitrogen and oxygen atoms in total. The Labute approximate surface area is 134 Å². The van der Waals surface area contributed by atoms with Gasteiger partial charge in [-0.05, 0) is 34.7 Å². The van der Waals surface area contributed by atoms with E-state index >= 15 is 0 Å². The summed E-state index contributed by atoms with van der Waals surface area (Å²) in [5.74, 6) is 1.84. The maximum atomic E-state index is 6.13. The molecule has 0 aromatic heterocycles. The van der Waals surface area contributed by atoms with Crippen LogP contribution in [0.25, 0.3) is 12.2 Å². The van der Waals surface area contributed by atoms with E-state index in [-0.39, 0.29) is 5.41 Å². The highest BCUT2D eigenvalue weighted by Gasteiger charge is 2.18. The molecule has 2 heteroatoms. The number of alkyl halides is 1. The third-order valence-electron chi connectivity index (χ3n) is 3.83. The molecule has 0 N–H and O–H groups in total. The van der Waals surface area contributed by atoms with Gasteiger partial charge in [0.05, 0.1) is 0 Å². The van der Waals surface area contributed by atoms with Crippen LogP contribution < -0.4 is 4.74 Å². The molecule has 0 radical (unpaired) electrons. The quantitative estimate of drug-likeness (QED) is 0.481. The summed E-state index contributed by atoms with van der Waals surface area (Å²) in [6, 6.07) is 12.7. The first kappa shape index (κ1) is 14.4. The van der Waals surface area contributed by atoms with Crippen molar-refractivity contribution in [1.29, 1.82) is 0 Å². The Morgan fingerprint density at radius 1 is 1.00 bits per heavy atom. The molecule has 0 saturated heterocycles. The van der Waals surface area contributed by atoms with Crippen LogP contribution in [-0.2, 0) is 10.7 Å². The topological polar surface area (TPSA) is 9.23 Å². The van der Waals surface area contributed by atoms with E-state index in [1.54, 1.807) is 0 Å². The lowest BCUT2D eigenvalue weighted by Crippen LogP contribution is -2.11. The van der Waals surface area contributed by atoms with Gasteiger partial charge < -0.3 is 4.74 Å².